The van der Waals surface area contributed by atoms with E-state index < -0.39 is 42.9 Å². The van der Waals surface area contributed by atoms with Crippen LogP contribution < -0.4 is 0 Å². The Hall–Kier alpha value is -0.870. The third kappa shape index (κ3) is 4.44. The van der Waals surface area contributed by atoms with Crippen LogP contribution in [0.2, 0.25) is 0 Å². The van der Waals surface area contributed by atoms with E-state index in [9.17, 15) is 30.3 Å². The van der Waals surface area contributed by atoms with E-state index in [0.29, 0.717) is 12.8 Å². The second kappa shape index (κ2) is 8.97. The summed E-state index contributed by atoms with van der Waals surface area (Å²) >= 11 is 0. The van der Waals surface area contributed by atoms with Gasteiger partial charge in [0.1, 0.15) is 24.4 Å². The number of carbonyl (C=O) groups is 1. The Morgan fingerprint density at radius 3 is 2.52 bits per heavy atom. The van der Waals surface area contributed by atoms with Crippen molar-refractivity contribution in [2.75, 3.05) is 13.2 Å². The molecule has 0 bridgehead atoms. The van der Waals surface area contributed by atoms with Gasteiger partial charge in [0.25, 0.3) is 0 Å². The standard InChI is InChI=1S/C25H40O8/c1-23(9-10-32-22-21(30)20(29)19(28)17(13-26)33-22)8-5-15-14(12-23)16(27)11-18-24(15,2)6-4-7-25(18,3)31/h12,15,17-22,26,28-31H,4-11,13H2,1-3H3. The number of hydrogen-bond donors (Lipinski definition) is 5. The summed E-state index contributed by atoms with van der Waals surface area (Å²) in [6, 6.07) is 0. The van der Waals surface area contributed by atoms with E-state index in [1.165, 1.54) is 0 Å². The van der Waals surface area contributed by atoms with Gasteiger partial charge in [-0.2, -0.15) is 0 Å². The Balaban J connectivity index is 1.43. The topological polar surface area (TPSA) is 137 Å². The number of ether oxygens (including phenoxy) is 2. The van der Waals surface area contributed by atoms with Crippen molar-refractivity contribution < 1.29 is 39.8 Å². The number of allylic oxidation sites excluding steroid dienone is 2. The van der Waals surface area contributed by atoms with Crippen LogP contribution in [0.4, 0.5) is 0 Å². The molecule has 0 radical (unpaired) electrons. The lowest BCUT2D eigenvalue weighted by atomic mass is 9.47. The molecule has 1 saturated heterocycles. The van der Waals surface area contributed by atoms with Gasteiger partial charge in [-0.05, 0) is 61.3 Å². The molecule has 8 heteroatoms. The van der Waals surface area contributed by atoms with Gasteiger partial charge in [0.2, 0.25) is 0 Å². The molecule has 33 heavy (non-hydrogen) atoms. The van der Waals surface area contributed by atoms with Gasteiger partial charge in [0.05, 0.1) is 18.8 Å². The lowest BCUT2D eigenvalue weighted by molar-refractivity contribution is -0.301. The van der Waals surface area contributed by atoms with Crippen molar-refractivity contribution in [3.05, 3.63) is 11.6 Å². The fourth-order valence-corrected chi connectivity index (χ4v) is 7.01. The number of rotatable bonds is 5. The molecule has 0 spiro atoms. The van der Waals surface area contributed by atoms with Gasteiger partial charge in [0.15, 0.2) is 12.1 Å². The van der Waals surface area contributed by atoms with Crippen LogP contribution in [0.1, 0.15) is 65.7 Å². The minimum atomic E-state index is -1.46. The monoisotopic (exact) mass is 468 g/mol. The summed E-state index contributed by atoms with van der Waals surface area (Å²) in [6.45, 7) is 5.98. The molecule has 4 rings (SSSR count). The zero-order valence-electron chi connectivity index (χ0n) is 19.9. The van der Waals surface area contributed by atoms with E-state index in [-0.39, 0.29) is 35.1 Å². The third-order valence-electron chi connectivity index (χ3n) is 9.14. The van der Waals surface area contributed by atoms with Crippen molar-refractivity contribution in [3.63, 3.8) is 0 Å². The molecule has 4 aliphatic rings. The molecule has 1 aliphatic heterocycles. The number of carbonyl (C=O) groups excluding carboxylic acids is 1. The van der Waals surface area contributed by atoms with Gasteiger partial charge in [-0.15, -0.1) is 0 Å². The van der Waals surface area contributed by atoms with Gasteiger partial charge in [0, 0.05) is 12.3 Å². The van der Waals surface area contributed by atoms with E-state index >= 15 is 0 Å². The third-order valence-corrected chi connectivity index (χ3v) is 9.14. The number of fused-ring (bicyclic) bond motifs is 3. The molecule has 1 heterocycles. The van der Waals surface area contributed by atoms with Crippen LogP contribution in [-0.4, -0.2) is 80.8 Å². The highest BCUT2D eigenvalue weighted by Gasteiger charge is 2.57. The Bertz CT molecular complexity index is 778. The number of Topliss-reactive ketones (excluding diaryl/α,β-unsaturated/α-hetero) is 1. The van der Waals surface area contributed by atoms with E-state index in [0.717, 1.165) is 37.7 Å². The van der Waals surface area contributed by atoms with Gasteiger partial charge in [-0.3, -0.25) is 4.79 Å². The predicted octanol–water partition coefficient (Wildman–Crippen LogP) is 1.07. The lowest BCUT2D eigenvalue weighted by Crippen LogP contribution is -2.59. The van der Waals surface area contributed by atoms with Gasteiger partial charge >= 0.3 is 0 Å². The molecule has 10 unspecified atom stereocenters. The Labute approximate surface area is 195 Å². The van der Waals surface area contributed by atoms with E-state index in [2.05, 4.69) is 19.9 Å². The van der Waals surface area contributed by atoms with Gasteiger partial charge < -0.3 is 35.0 Å². The van der Waals surface area contributed by atoms with E-state index in [1.54, 1.807) is 0 Å². The van der Waals surface area contributed by atoms with Crippen molar-refractivity contribution in [2.45, 2.75) is 102 Å². The number of aliphatic hydroxyl groups excluding tert-OH is 4. The second-order valence-electron chi connectivity index (χ2n) is 11.6. The summed E-state index contributed by atoms with van der Waals surface area (Å²) in [7, 11) is 0. The van der Waals surface area contributed by atoms with Crippen LogP contribution in [0.25, 0.3) is 0 Å². The Morgan fingerprint density at radius 2 is 1.82 bits per heavy atom. The molecule has 5 N–H and O–H groups in total. The molecule has 3 aliphatic carbocycles. The lowest BCUT2D eigenvalue weighted by Gasteiger charge is -2.58. The highest BCUT2D eigenvalue weighted by molar-refractivity contribution is 5.97. The quantitative estimate of drug-likeness (QED) is 0.404. The Morgan fingerprint density at radius 1 is 1.09 bits per heavy atom. The zero-order chi connectivity index (χ0) is 24.2. The normalized spacial score (nSPS) is 50.4. The van der Waals surface area contributed by atoms with Crippen LogP contribution >= 0.6 is 0 Å². The summed E-state index contributed by atoms with van der Waals surface area (Å²) in [5.74, 6) is 0.299. The van der Waals surface area contributed by atoms with Crippen LogP contribution in [0.15, 0.2) is 11.6 Å². The Kier molecular flexibility index (Phi) is 6.86. The molecule has 188 valence electrons. The van der Waals surface area contributed by atoms with Crippen LogP contribution in [0.5, 0.6) is 0 Å². The molecular formula is C25H40O8. The van der Waals surface area contributed by atoms with Gasteiger partial charge in [-0.1, -0.05) is 26.3 Å². The highest BCUT2D eigenvalue weighted by atomic mass is 16.7. The summed E-state index contributed by atoms with van der Waals surface area (Å²) in [4.78, 5) is 13.2. The molecule has 0 amide bonds. The van der Waals surface area contributed by atoms with E-state index in [4.69, 9.17) is 9.47 Å². The molecule has 8 nitrogen and oxygen atoms in total. The molecular weight excluding hydrogens is 428 g/mol. The van der Waals surface area contributed by atoms with Crippen LogP contribution in [0.3, 0.4) is 0 Å². The maximum absolute atomic E-state index is 13.2. The van der Waals surface area contributed by atoms with Crippen LogP contribution in [0, 0.1) is 22.7 Å². The molecule has 3 fully saturated rings. The molecule has 2 saturated carbocycles. The summed E-state index contributed by atoms with van der Waals surface area (Å²) in [6.07, 6.45) is 1.20. The SMILES string of the molecule is CC1(CCOC2OC(CO)C(O)C(O)C2O)C=C2C(=O)CC3C(C)(O)CCCC3(C)C2CC1. The van der Waals surface area contributed by atoms with Crippen molar-refractivity contribution in [3.8, 4) is 0 Å². The average Bonchev–Trinajstić information content (AvgIpc) is 2.75. The van der Waals surface area contributed by atoms with Crippen molar-refractivity contribution in [2.24, 2.45) is 22.7 Å². The summed E-state index contributed by atoms with van der Waals surface area (Å²) in [5.41, 5.74) is -0.229. The fraction of sp³-hybridized carbons (Fsp3) is 0.880. The molecule has 10 atom stereocenters. The number of hydrogen-bond acceptors (Lipinski definition) is 8. The average molecular weight is 469 g/mol. The summed E-state index contributed by atoms with van der Waals surface area (Å²) < 4.78 is 11.1. The minimum absolute atomic E-state index is 0.00715. The second-order valence-corrected chi connectivity index (χ2v) is 11.6. The minimum Gasteiger partial charge on any atom is -0.394 e. The van der Waals surface area contributed by atoms with Crippen molar-refractivity contribution in [1.29, 1.82) is 0 Å². The molecule has 0 aromatic heterocycles. The first kappa shape index (κ1) is 25.2. The highest BCUT2D eigenvalue weighted by Crippen LogP contribution is 2.60. The number of aliphatic hydroxyl groups is 5. The predicted molar refractivity (Wildman–Crippen MR) is 119 cm³/mol. The first-order valence-corrected chi connectivity index (χ1v) is 12.3. The zero-order valence-corrected chi connectivity index (χ0v) is 19.9. The first-order valence-electron chi connectivity index (χ1n) is 12.3. The van der Waals surface area contributed by atoms with E-state index in [1.807, 2.05) is 6.92 Å². The number of ketones is 1. The maximum atomic E-state index is 13.2. The smallest absolute Gasteiger partial charge is 0.186 e. The first-order chi connectivity index (χ1) is 15.4. The van der Waals surface area contributed by atoms with Crippen molar-refractivity contribution in [1.82, 2.24) is 0 Å². The summed E-state index contributed by atoms with van der Waals surface area (Å²) in [5, 5.41) is 50.4. The van der Waals surface area contributed by atoms with Gasteiger partial charge in [-0.25, -0.2) is 0 Å². The van der Waals surface area contributed by atoms with Crippen molar-refractivity contribution >= 4 is 5.78 Å². The largest absolute Gasteiger partial charge is 0.394 e. The maximum Gasteiger partial charge on any atom is 0.186 e. The molecule has 0 aromatic rings. The fourth-order valence-electron chi connectivity index (χ4n) is 7.01. The molecule has 0 aromatic carbocycles. The van der Waals surface area contributed by atoms with Crippen LogP contribution in [-0.2, 0) is 14.3 Å².